The molecule has 0 aliphatic heterocycles. The average molecular weight is 233 g/mol. The van der Waals surface area contributed by atoms with E-state index in [0.717, 1.165) is 6.54 Å². The van der Waals surface area contributed by atoms with E-state index < -0.39 is 5.60 Å². The van der Waals surface area contributed by atoms with E-state index >= 15 is 0 Å². The predicted molar refractivity (Wildman–Crippen MR) is 71.3 cm³/mol. The highest BCUT2D eigenvalue weighted by Crippen LogP contribution is 2.30. The van der Waals surface area contributed by atoms with Gasteiger partial charge in [-0.05, 0) is 50.2 Å². The van der Waals surface area contributed by atoms with Crippen molar-refractivity contribution >= 4 is 0 Å². The van der Waals surface area contributed by atoms with E-state index in [1.165, 1.54) is 30.4 Å². The van der Waals surface area contributed by atoms with E-state index in [-0.39, 0.29) is 0 Å². The summed E-state index contributed by atoms with van der Waals surface area (Å²) >= 11 is 0. The van der Waals surface area contributed by atoms with E-state index in [1.807, 2.05) is 13.8 Å². The second-order valence-corrected chi connectivity index (χ2v) is 5.73. The fourth-order valence-electron chi connectivity index (χ4n) is 2.62. The molecule has 17 heavy (non-hydrogen) atoms. The topological polar surface area (TPSA) is 32.3 Å². The number of nitrogens with one attached hydrogen (secondary N) is 1. The van der Waals surface area contributed by atoms with Crippen LogP contribution in [0.25, 0.3) is 0 Å². The maximum Gasteiger partial charge on any atom is 0.0715 e. The minimum atomic E-state index is -0.617. The molecule has 0 radical (unpaired) electrons. The fourth-order valence-corrected chi connectivity index (χ4v) is 2.62. The summed E-state index contributed by atoms with van der Waals surface area (Å²) in [6.07, 6.45) is 3.76. The Kier molecular flexibility index (Phi) is 3.85. The van der Waals surface area contributed by atoms with Crippen LogP contribution in [0.15, 0.2) is 24.3 Å². The lowest BCUT2D eigenvalue weighted by Gasteiger charge is -2.27. The molecule has 0 aromatic heterocycles. The SMILES string of the molecule is CC(C)(O)CNCC1CCCc2ccccc21. The van der Waals surface area contributed by atoms with Gasteiger partial charge >= 0.3 is 0 Å². The van der Waals surface area contributed by atoms with E-state index in [2.05, 4.69) is 29.6 Å². The van der Waals surface area contributed by atoms with Crippen LogP contribution in [-0.2, 0) is 6.42 Å². The number of hydrogen-bond acceptors (Lipinski definition) is 2. The number of rotatable bonds is 4. The lowest BCUT2D eigenvalue weighted by molar-refractivity contribution is 0.0794. The van der Waals surface area contributed by atoms with Crippen LogP contribution in [-0.4, -0.2) is 23.8 Å². The molecule has 0 saturated carbocycles. The predicted octanol–water partition coefficient (Wildman–Crippen LogP) is 2.47. The third-order valence-corrected chi connectivity index (χ3v) is 3.44. The zero-order valence-corrected chi connectivity index (χ0v) is 10.9. The van der Waals surface area contributed by atoms with Gasteiger partial charge in [0.25, 0.3) is 0 Å². The van der Waals surface area contributed by atoms with Gasteiger partial charge in [-0.15, -0.1) is 0 Å². The first kappa shape index (κ1) is 12.6. The summed E-state index contributed by atoms with van der Waals surface area (Å²) in [4.78, 5) is 0. The molecule has 0 bridgehead atoms. The van der Waals surface area contributed by atoms with E-state index in [0.29, 0.717) is 12.5 Å². The minimum absolute atomic E-state index is 0.613. The van der Waals surface area contributed by atoms with Crippen molar-refractivity contribution in [1.29, 1.82) is 0 Å². The average Bonchev–Trinajstić information content (AvgIpc) is 2.28. The van der Waals surface area contributed by atoms with Crippen molar-refractivity contribution in [2.24, 2.45) is 0 Å². The van der Waals surface area contributed by atoms with Crippen LogP contribution in [0.3, 0.4) is 0 Å². The number of aryl methyl sites for hydroxylation is 1. The first-order valence-electron chi connectivity index (χ1n) is 6.57. The molecule has 1 aliphatic rings. The van der Waals surface area contributed by atoms with Crippen molar-refractivity contribution in [3.8, 4) is 0 Å². The van der Waals surface area contributed by atoms with Crippen molar-refractivity contribution in [3.63, 3.8) is 0 Å². The molecule has 94 valence electrons. The highest BCUT2D eigenvalue weighted by Gasteiger charge is 2.20. The molecule has 1 unspecified atom stereocenters. The van der Waals surface area contributed by atoms with Crippen molar-refractivity contribution in [2.75, 3.05) is 13.1 Å². The molecule has 2 nitrogen and oxygen atoms in total. The zero-order chi connectivity index (χ0) is 12.3. The second-order valence-electron chi connectivity index (χ2n) is 5.73. The zero-order valence-electron chi connectivity index (χ0n) is 10.9. The Morgan fingerprint density at radius 3 is 2.88 bits per heavy atom. The maximum absolute atomic E-state index is 9.68. The first-order valence-corrected chi connectivity index (χ1v) is 6.57. The van der Waals surface area contributed by atoms with E-state index in [1.54, 1.807) is 0 Å². The van der Waals surface area contributed by atoms with E-state index in [4.69, 9.17) is 0 Å². The Bertz CT molecular complexity index is 367. The fraction of sp³-hybridized carbons (Fsp3) is 0.600. The van der Waals surface area contributed by atoms with Gasteiger partial charge < -0.3 is 10.4 Å². The normalized spacial score (nSPS) is 20.1. The molecular formula is C15H23NO. The van der Waals surface area contributed by atoms with Crippen LogP contribution in [0.1, 0.15) is 43.7 Å². The van der Waals surface area contributed by atoms with Crippen molar-refractivity contribution in [3.05, 3.63) is 35.4 Å². The summed E-state index contributed by atoms with van der Waals surface area (Å²) in [7, 11) is 0. The van der Waals surface area contributed by atoms with Gasteiger partial charge in [-0.2, -0.15) is 0 Å². The van der Waals surface area contributed by atoms with Gasteiger partial charge in [-0.3, -0.25) is 0 Å². The smallest absolute Gasteiger partial charge is 0.0715 e. The van der Waals surface area contributed by atoms with E-state index in [9.17, 15) is 5.11 Å². The number of aliphatic hydroxyl groups is 1. The van der Waals surface area contributed by atoms with Gasteiger partial charge in [0.2, 0.25) is 0 Å². The second kappa shape index (κ2) is 5.19. The summed E-state index contributed by atoms with van der Waals surface area (Å²) in [5.41, 5.74) is 2.39. The van der Waals surface area contributed by atoms with Crippen LogP contribution >= 0.6 is 0 Å². The Balaban J connectivity index is 1.95. The molecule has 1 aromatic rings. The molecule has 0 spiro atoms. The summed E-state index contributed by atoms with van der Waals surface area (Å²) < 4.78 is 0. The monoisotopic (exact) mass is 233 g/mol. The van der Waals surface area contributed by atoms with Gasteiger partial charge in [-0.1, -0.05) is 24.3 Å². The first-order chi connectivity index (χ1) is 8.06. The molecule has 1 atom stereocenters. The number of hydrogen-bond donors (Lipinski definition) is 2. The minimum Gasteiger partial charge on any atom is -0.389 e. The van der Waals surface area contributed by atoms with Crippen LogP contribution < -0.4 is 5.32 Å². The van der Waals surface area contributed by atoms with Crippen molar-refractivity contribution in [1.82, 2.24) is 5.32 Å². The van der Waals surface area contributed by atoms with Gasteiger partial charge in [0.15, 0.2) is 0 Å². The highest BCUT2D eigenvalue weighted by atomic mass is 16.3. The molecule has 0 saturated heterocycles. The Labute approximate surface area is 104 Å². The molecule has 1 aromatic carbocycles. The van der Waals surface area contributed by atoms with Gasteiger partial charge in [0.05, 0.1) is 5.60 Å². The summed E-state index contributed by atoms with van der Waals surface area (Å²) in [6, 6.07) is 8.76. The van der Waals surface area contributed by atoms with Crippen LogP contribution in [0.4, 0.5) is 0 Å². The quantitative estimate of drug-likeness (QED) is 0.837. The summed E-state index contributed by atoms with van der Waals surface area (Å²) in [5.74, 6) is 0.613. The molecule has 1 aliphatic carbocycles. The molecule has 2 rings (SSSR count). The molecule has 2 heteroatoms. The standard InChI is InChI=1S/C15H23NO/c1-15(2,17)11-16-10-13-8-5-7-12-6-3-4-9-14(12)13/h3-4,6,9,13,16-17H,5,7-8,10-11H2,1-2H3. The van der Waals surface area contributed by atoms with Crippen molar-refractivity contribution in [2.45, 2.75) is 44.6 Å². The summed E-state index contributed by atoms with van der Waals surface area (Å²) in [5, 5.41) is 13.1. The third kappa shape index (κ3) is 3.55. The number of benzene rings is 1. The third-order valence-electron chi connectivity index (χ3n) is 3.44. The summed E-state index contributed by atoms with van der Waals surface area (Å²) in [6.45, 7) is 5.32. The Hall–Kier alpha value is -0.860. The molecular weight excluding hydrogens is 210 g/mol. The number of fused-ring (bicyclic) bond motifs is 1. The Morgan fingerprint density at radius 2 is 2.12 bits per heavy atom. The van der Waals surface area contributed by atoms with Crippen LogP contribution in [0.2, 0.25) is 0 Å². The largest absolute Gasteiger partial charge is 0.389 e. The van der Waals surface area contributed by atoms with Gasteiger partial charge in [0.1, 0.15) is 0 Å². The molecule has 2 N–H and O–H groups in total. The van der Waals surface area contributed by atoms with Crippen LogP contribution in [0.5, 0.6) is 0 Å². The lowest BCUT2D eigenvalue weighted by Crippen LogP contribution is -2.37. The molecule has 0 heterocycles. The highest BCUT2D eigenvalue weighted by molar-refractivity contribution is 5.32. The van der Waals surface area contributed by atoms with Crippen molar-refractivity contribution < 1.29 is 5.11 Å². The molecule has 0 amide bonds. The van der Waals surface area contributed by atoms with Gasteiger partial charge in [0, 0.05) is 13.1 Å². The Morgan fingerprint density at radius 1 is 1.35 bits per heavy atom. The van der Waals surface area contributed by atoms with Crippen LogP contribution in [0, 0.1) is 0 Å². The lowest BCUT2D eigenvalue weighted by atomic mass is 9.83. The van der Waals surface area contributed by atoms with Gasteiger partial charge in [-0.25, -0.2) is 0 Å². The maximum atomic E-state index is 9.68. The molecule has 0 fully saturated rings.